The van der Waals surface area contributed by atoms with E-state index < -0.39 is 0 Å². The summed E-state index contributed by atoms with van der Waals surface area (Å²) in [5.41, 5.74) is 13.9. The van der Waals surface area contributed by atoms with Crippen LogP contribution in [0.1, 0.15) is 27.8 Å². The molecule has 47 heavy (non-hydrogen) atoms. The van der Waals surface area contributed by atoms with E-state index in [1.54, 1.807) is 6.20 Å². The third-order valence-corrected chi connectivity index (χ3v) is 8.60. The van der Waals surface area contributed by atoms with Gasteiger partial charge in [0, 0.05) is 61.2 Å². The van der Waals surface area contributed by atoms with Crippen LogP contribution in [-0.4, -0.2) is 15.0 Å². The Kier molecular flexibility index (Phi) is 9.13. The second-order valence-corrected chi connectivity index (χ2v) is 11.8. The van der Waals surface area contributed by atoms with Gasteiger partial charge in [0.25, 0.3) is 0 Å². The molecule has 0 atom stereocenters. The van der Waals surface area contributed by atoms with Gasteiger partial charge in [-0.05, 0) is 84.4 Å². The zero-order valence-corrected chi connectivity index (χ0v) is 29.4. The van der Waals surface area contributed by atoms with Crippen LogP contribution in [0.15, 0.2) is 114 Å². The fraction of sp³-hybridized carbons (Fsp3) is 0.119. The van der Waals surface area contributed by atoms with Crippen LogP contribution in [0, 0.1) is 46.8 Å². The van der Waals surface area contributed by atoms with Gasteiger partial charge < -0.3 is 14.4 Å². The summed E-state index contributed by atoms with van der Waals surface area (Å²) < 4.78 is 6.66. The minimum Gasteiger partial charge on any atom is -0.500 e. The summed E-state index contributed by atoms with van der Waals surface area (Å²) in [5, 5.41) is 4.55. The fourth-order valence-electron chi connectivity index (χ4n) is 6.03. The van der Waals surface area contributed by atoms with Crippen LogP contribution in [-0.2, 0) is 20.1 Å². The number of hydrogen-bond donors (Lipinski definition) is 0. The Morgan fingerprint density at radius 1 is 0.660 bits per heavy atom. The van der Waals surface area contributed by atoms with E-state index in [1.165, 1.54) is 38.8 Å². The van der Waals surface area contributed by atoms with Gasteiger partial charge in [0.05, 0.1) is 5.58 Å². The normalized spacial score (nSPS) is 10.9. The molecule has 0 aliphatic carbocycles. The molecule has 5 heteroatoms. The molecule has 0 spiro atoms. The van der Waals surface area contributed by atoms with Gasteiger partial charge >= 0.3 is 0 Å². The molecule has 0 saturated carbocycles. The van der Waals surface area contributed by atoms with Gasteiger partial charge in [0.1, 0.15) is 5.58 Å². The summed E-state index contributed by atoms with van der Waals surface area (Å²) in [4.78, 5) is 13.3. The molecular formula is C42H33IrN3O-2. The number of hydrogen-bond acceptors (Lipinski definition) is 4. The van der Waals surface area contributed by atoms with Crippen molar-refractivity contribution in [2.24, 2.45) is 0 Å². The number of fused-ring (bicyclic) bond motifs is 4. The van der Waals surface area contributed by atoms with Crippen molar-refractivity contribution in [2.75, 3.05) is 0 Å². The smallest absolute Gasteiger partial charge is 0.129 e. The Morgan fingerprint density at radius 2 is 1.51 bits per heavy atom. The summed E-state index contributed by atoms with van der Waals surface area (Å²) in [5.74, 6) is 0. The zero-order valence-electron chi connectivity index (χ0n) is 27.0. The average Bonchev–Trinajstić information content (AvgIpc) is 3.48. The summed E-state index contributed by atoms with van der Waals surface area (Å²) in [6.45, 7) is 10.6. The topological polar surface area (TPSA) is 51.8 Å². The molecule has 4 aromatic heterocycles. The first kappa shape index (κ1) is 32.0. The van der Waals surface area contributed by atoms with E-state index in [2.05, 4.69) is 97.2 Å². The van der Waals surface area contributed by atoms with Gasteiger partial charge in [0.2, 0.25) is 0 Å². The first-order valence-corrected chi connectivity index (χ1v) is 15.4. The molecule has 0 bridgehead atoms. The van der Waals surface area contributed by atoms with E-state index >= 15 is 0 Å². The molecule has 0 aliphatic heterocycles. The number of benzene rings is 4. The largest absolute Gasteiger partial charge is 0.500 e. The minimum absolute atomic E-state index is 0. The number of nitrogens with zero attached hydrogens (tertiary/aromatic N) is 3. The van der Waals surface area contributed by atoms with Crippen LogP contribution in [0.3, 0.4) is 0 Å². The second-order valence-electron chi connectivity index (χ2n) is 11.8. The molecule has 233 valence electrons. The Bertz CT molecular complexity index is 2300. The van der Waals surface area contributed by atoms with E-state index in [9.17, 15) is 0 Å². The SMILES string of the molecule is Cc1c[c-]c(-c2ccc(C)cn2)cc1.Cc1cc2ccncc2c(-c2ccc(C)c3c2oc2c(-c4ccccn4)[c-]ccc23)c1C.[Ir]. The average molecular weight is 788 g/mol. The van der Waals surface area contributed by atoms with Crippen molar-refractivity contribution in [3.63, 3.8) is 0 Å². The van der Waals surface area contributed by atoms with Crippen molar-refractivity contribution in [2.45, 2.75) is 34.6 Å². The van der Waals surface area contributed by atoms with E-state index in [4.69, 9.17) is 4.42 Å². The minimum atomic E-state index is 0. The second kappa shape index (κ2) is 13.4. The molecule has 0 unspecified atom stereocenters. The van der Waals surface area contributed by atoms with Crippen LogP contribution in [0.4, 0.5) is 0 Å². The number of aryl methyl sites for hydroxylation is 4. The number of rotatable bonds is 3. The first-order chi connectivity index (χ1) is 22.4. The summed E-state index contributed by atoms with van der Waals surface area (Å²) >= 11 is 0. The molecule has 0 saturated heterocycles. The van der Waals surface area contributed by atoms with Gasteiger partial charge in [-0.15, -0.1) is 53.6 Å². The van der Waals surface area contributed by atoms with Crippen molar-refractivity contribution in [1.82, 2.24) is 15.0 Å². The number of pyridine rings is 3. The first-order valence-electron chi connectivity index (χ1n) is 15.4. The van der Waals surface area contributed by atoms with Crippen LogP contribution >= 0.6 is 0 Å². The van der Waals surface area contributed by atoms with Gasteiger partial charge in [-0.25, -0.2) is 0 Å². The third kappa shape index (κ3) is 6.13. The van der Waals surface area contributed by atoms with Crippen LogP contribution in [0.25, 0.3) is 66.4 Å². The molecule has 1 radical (unpaired) electrons. The quantitative estimate of drug-likeness (QED) is 0.167. The van der Waals surface area contributed by atoms with Crippen molar-refractivity contribution in [1.29, 1.82) is 0 Å². The van der Waals surface area contributed by atoms with Gasteiger partial charge in [-0.3, -0.25) is 4.98 Å². The molecular weight excluding hydrogens is 755 g/mol. The van der Waals surface area contributed by atoms with Crippen molar-refractivity contribution in [3.05, 3.63) is 150 Å². The predicted molar refractivity (Wildman–Crippen MR) is 189 cm³/mol. The maximum Gasteiger partial charge on any atom is 0.129 e. The maximum atomic E-state index is 6.66. The zero-order chi connectivity index (χ0) is 31.8. The van der Waals surface area contributed by atoms with Gasteiger partial charge in [-0.1, -0.05) is 60.3 Å². The Balaban J connectivity index is 0.000000217. The summed E-state index contributed by atoms with van der Waals surface area (Å²) in [6, 6.07) is 35.4. The predicted octanol–water partition coefficient (Wildman–Crippen LogP) is 10.8. The number of furan rings is 1. The van der Waals surface area contributed by atoms with E-state index in [1.807, 2.05) is 68.0 Å². The van der Waals surface area contributed by atoms with Gasteiger partial charge in [-0.2, -0.15) is 0 Å². The monoisotopic (exact) mass is 788 g/mol. The molecule has 0 aliphatic rings. The standard InChI is InChI=1S/C29H21N2O.C13H12N.Ir/c1-17-10-11-23(27-19(3)18(2)15-20-12-14-30-16-24(20)27)29-26(17)22-8-6-7-21(28(22)32-29)25-9-4-5-13-31-25;1-10-3-6-12(7-4-10)13-8-5-11(2)9-14-13;/h4-6,8-16H,1-3H3;3-6,8-9H,1-2H3;/q2*-1;. The van der Waals surface area contributed by atoms with E-state index in [0.717, 1.165) is 55.4 Å². The maximum absolute atomic E-state index is 6.66. The molecule has 0 amide bonds. The molecule has 0 N–H and O–H groups in total. The molecule has 8 rings (SSSR count). The summed E-state index contributed by atoms with van der Waals surface area (Å²) in [6.07, 6.45) is 7.49. The van der Waals surface area contributed by atoms with E-state index in [0.29, 0.717) is 0 Å². The summed E-state index contributed by atoms with van der Waals surface area (Å²) in [7, 11) is 0. The van der Waals surface area contributed by atoms with Gasteiger partial charge in [0.15, 0.2) is 0 Å². The third-order valence-electron chi connectivity index (χ3n) is 8.60. The van der Waals surface area contributed by atoms with Crippen molar-refractivity contribution >= 4 is 32.7 Å². The van der Waals surface area contributed by atoms with Crippen molar-refractivity contribution < 1.29 is 24.5 Å². The van der Waals surface area contributed by atoms with Crippen molar-refractivity contribution in [3.8, 4) is 33.6 Å². The van der Waals surface area contributed by atoms with Crippen LogP contribution in [0.2, 0.25) is 0 Å². The van der Waals surface area contributed by atoms with E-state index in [-0.39, 0.29) is 20.1 Å². The molecule has 4 heterocycles. The fourth-order valence-corrected chi connectivity index (χ4v) is 6.03. The van der Waals surface area contributed by atoms with Crippen LogP contribution < -0.4 is 0 Å². The molecule has 0 fully saturated rings. The van der Waals surface area contributed by atoms with Crippen LogP contribution in [0.5, 0.6) is 0 Å². The Morgan fingerprint density at radius 3 is 2.26 bits per heavy atom. The molecule has 4 aromatic carbocycles. The molecule has 8 aromatic rings. The number of aromatic nitrogens is 3. The Hall–Kier alpha value is -4.96. The molecule has 4 nitrogen and oxygen atoms in total. The Labute approximate surface area is 288 Å².